The molecule has 0 spiro atoms. The van der Waals surface area contributed by atoms with Crippen molar-refractivity contribution in [3.63, 3.8) is 0 Å². The third-order valence-corrected chi connectivity index (χ3v) is 2.70. The van der Waals surface area contributed by atoms with Crippen LogP contribution >= 0.6 is 0 Å². The molecule has 0 saturated heterocycles. The van der Waals surface area contributed by atoms with Gasteiger partial charge in [0.05, 0.1) is 17.6 Å². The standard InChI is InChI=1S/C12H16N2O4/c1-8(2)11(7-16)13-10-4-3-9(6-15)5-12(10)14(17)18/h3-6,8,11,13,16H,7H2,1-2H3/t11-/m1/s1. The van der Waals surface area contributed by atoms with Gasteiger partial charge in [0.15, 0.2) is 0 Å². The van der Waals surface area contributed by atoms with Crippen LogP contribution in [0.5, 0.6) is 0 Å². The Morgan fingerprint density at radius 3 is 2.61 bits per heavy atom. The van der Waals surface area contributed by atoms with Crippen molar-refractivity contribution in [3.05, 3.63) is 33.9 Å². The van der Waals surface area contributed by atoms with E-state index in [-0.39, 0.29) is 29.8 Å². The largest absolute Gasteiger partial charge is 0.394 e. The average Bonchev–Trinajstić information content (AvgIpc) is 2.35. The molecule has 98 valence electrons. The fourth-order valence-electron chi connectivity index (χ4n) is 1.52. The minimum absolute atomic E-state index is 0.121. The summed E-state index contributed by atoms with van der Waals surface area (Å²) >= 11 is 0. The number of nitrogens with one attached hydrogen (secondary N) is 1. The minimum atomic E-state index is -0.551. The summed E-state index contributed by atoms with van der Waals surface area (Å²) in [6.45, 7) is 3.68. The molecule has 0 aliphatic rings. The molecular weight excluding hydrogens is 236 g/mol. The number of carbonyl (C=O) groups excluding carboxylic acids is 1. The Balaban J connectivity index is 3.07. The first-order valence-electron chi connectivity index (χ1n) is 5.60. The number of nitro benzene ring substituents is 1. The highest BCUT2D eigenvalue weighted by atomic mass is 16.6. The van der Waals surface area contributed by atoms with Gasteiger partial charge in [0.1, 0.15) is 12.0 Å². The topological polar surface area (TPSA) is 92.5 Å². The summed E-state index contributed by atoms with van der Waals surface area (Å²) in [5, 5.41) is 23.0. The molecule has 0 saturated carbocycles. The van der Waals surface area contributed by atoms with Gasteiger partial charge in [0, 0.05) is 11.6 Å². The van der Waals surface area contributed by atoms with E-state index in [1.807, 2.05) is 13.8 Å². The Bertz CT molecular complexity index is 446. The molecule has 0 aromatic heterocycles. The molecule has 0 fully saturated rings. The second-order valence-corrected chi connectivity index (χ2v) is 4.33. The van der Waals surface area contributed by atoms with E-state index in [0.29, 0.717) is 12.0 Å². The molecule has 0 aliphatic carbocycles. The maximum atomic E-state index is 10.9. The van der Waals surface area contributed by atoms with E-state index in [1.165, 1.54) is 18.2 Å². The number of hydrogen-bond donors (Lipinski definition) is 2. The molecule has 0 bridgehead atoms. The zero-order valence-electron chi connectivity index (χ0n) is 10.3. The lowest BCUT2D eigenvalue weighted by molar-refractivity contribution is -0.384. The van der Waals surface area contributed by atoms with Gasteiger partial charge in [-0.1, -0.05) is 13.8 Å². The van der Waals surface area contributed by atoms with Crippen molar-refractivity contribution in [1.82, 2.24) is 0 Å². The fourth-order valence-corrected chi connectivity index (χ4v) is 1.52. The van der Waals surface area contributed by atoms with Crippen LogP contribution in [0.1, 0.15) is 24.2 Å². The minimum Gasteiger partial charge on any atom is -0.394 e. The molecule has 6 heteroatoms. The van der Waals surface area contributed by atoms with Crippen molar-refractivity contribution in [2.45, 2.75) is 19.9 Å². The summed E-state index contributed by atoms with van der Waals surface area (Å²) in [5.74, 6) is 0.125. The summed E-state index contributed by atoms with van der Waals surface area (Å²) in [7, 11) is 0. The van der Waals surface area contributed by atoms with Gasteiger partial charge in [-0.05, 0) is 18.1 Å². The highest BCUT2D eigenvalue weighted by molar-refractivity contribution is 5.79. The first-order valence-corrected chi connectivity index (χ1v) is 5.60. The Hall–Kier alpha value is -1.95. The van der Waals surface area contributed by atoms with Crippen molar-refractivity contribution in [2.24, 2.45) is 5.92 Å². The predicted octanol–water partition coefficient (Wildman–Crippen LogP) is 1.84. The molecule has 0 radical (unpaired) electrons. The average molecular weight is 252 g/mol. The molecule has 0 amide bonds. The van der Waals surface area contributed by atoms with Crippen molar-refractivity contribution in [3.8, 4) is 0 Å². The summed E-state index contributed by atoms with van der Waals surface area (Å²) < 4.78 is 0. The smallest absolute Gasteiger partial charge is 0.293 e. The number of hydrogen-bond acceptors (Lipinski definition) is 5. The third-order valence-electron chi connectivity index (χ3n) is 2.70. The van der Waals surface area contributed by atoms with Crippen molar-refractivity contribution < 1.29 is 14.8 Å². The van der Waals surface area contributed by atoms with Crippen LogP contribution in [0.2, 0.25) is 0 Å². The number of benzene rings is 1. The number of aliphatic hydroxyl groups is 1. The molecule has 6 nitrogen and oxygen atoms in total. The van der Waals surface area contributed by atoms with Crippen LogP contribution < -0.4 is 5.32 Å². The highest BCUT2D eigenvalue weighted by Crippen LogP contribution is 2.26. The zero-order valence-corrected chi connectivity index (χ0v) is 10.3. The summed E-state index contributed by atoms with van der Waals surface area (Å²) in [6.07, 6.45) is 0.558. The van der Waals surface area contributed by atoms with Crippen molar-refractivity contribution >= 4 is 17.7 Å². The van der Waals surface area contributed by atoms with E-state index in [0.717, 1.165) is 0 Å². The number of carbonyl (C=O) groups is 1. The van der Waals surface area contributed by atoms with Gasteiger partial charge in [-0.15, -0.1) is 0 Å². The molecule has 2 N–H and O–H groups in total. The van der Waals surface area contributed by atoms with E-state index >= 15 is 0 Å². The van der Waals surface area contributed by atoms with Crippen LogP contribution in [-0.2, 0) is 0 Å². The van der Waals surface area contributed by atoms with Gasteiger partial charge < -0.3 is 10.4 Å². The van der Waals surface area contributed by atoms with Gasteiger partial charge in [-0.2, -0.15) is 0 Å². The lowest BCUT2D eigenvalue weighted by atomic mass is 10.0. The molecular formula is C12H16N2O4. The SMILES string of the molecule is CC(C)[C@@H](CO)Nc1ccc(C=O)cc1[N+](=O)[O-]. The second kappa shape index (κ2) is 6.11. The number of aldehydes is 1. The lowest BCUT2D eigenvalue weighted by Gasteiger charge is -2.21. The lowest BCUT2D eigenvalue weighted by Crippen LogP contribution is -2.29. The summed E-state index contributed by atoms with van der Waals surface area (Å²) in [5.41, 5.74) is 0.384. The molecule has 1 atom stereocenters. The van der Waals surface area contributed by atoms with Gasteiger partial charge in [0.25, 0.3) is 5.69 Å². The number of nitrogens with zero attached hydrogens (tertiary/aromatic N) is 1. The monoisotopic (exact) mass is 252 g/mol. The zero-order chi connectivity index (χ0) is 13.7. The highest BCUT2D eigenvalue weighted by Gasteiger charge is 2.19. The Kier molecular flexibility index (Phi) is 4.79. The van der Waals surface area contributed by atoms with E-state index in [9.17, 15) is 20.0 Å². The van der Waals surface area contributed by atoms with Crippen molar-refractivity contribution in [2.75, 3.05) is 11.9 Å². The number of aliphatic hydroxyl groups excluding tert-OH is 1. The van der Waals surface area contributed by atoms with E-state index in [1.54, 1.807) is 0 Å². The number of rotatable bonds is 6. The quantitative estimate of drug-likeness (QED) is 0.458. The molecule has 1 aromatic carbocycles. The number of nitro groups is 1. The van der Waals surface area contributed by atoms with E-state index in [4.69, 9.17) is 0 Å². The van der Waals surface area contributed by atoms with Crippen LogP contribution in [0.25, 0.3) is 0 Å². The Labute approximate surface area is 105 Å². The third kappa shape index (κ3) is 3.27. The van der Waals surface area contributed by atoms with Crippen molar-refractivity contribution in [1.29, 1.82) is 0 Å². The second-order valence-electron chi connectivity index (χ2n) is 4.33. The molecule has 1 rings (SSSR count). The Morgan fingerprint density at radius 2 is 2.17 bits per heavy atom. The number of anilines is 1. The van der Waals surface area contributed by atoms with E-state index in [2.05, 4.69) is 5.32 Å². The molecule has 18 heavy (non-hydrogen) atoms. The van der Waals surface area contributed by atoms with Gasteiger partial charge in [0.2, 0.25) is 0 Å². The summed E-state index contributed by atoms with van der Waals surface area (Å²) in [4.78, 5) is 21.0. The fraction of sp³-hybridized carbons (Fsp3) is 0.417. The maximum absolute atomic E-state index is 10.9. The van der Waals surface area contributed by atoms with Gasteiger partial charge >= 0.3 is 0 Å². The predicted molar refractivity (Wildman–Crippen MR) is 67.8 cm³/mol. The first-order chi connectivity index (χ1) is 8.49. The summed E-state index contributed by atoms with van der Waals surface area (Å²) in [6, 6.07) is 3.92. The normalized spacial score (nSPS) is 12.2. The van der Waals surface area contributed by atoms with Crippen LogP contribution in [0, 0.1) is 16.0 Å². The van der Waals surface area contributed by atoms with E-state index < -0.39 is 4.92 Å². The van der Waals surface area contributed by atoms with Crippen LogP contribution in [0.4, 0.5) is 11.4 Å². The van der Waals surface area contributed by atoms with Crippen LogP contribution in [0.15, 0.2) is 18.2 Å². The molecule has 0 unspecified atom stereocenters. The maximum Gasteiger partial charge on any atom is 0.293 e. The van der Waals surface area contributed by atoms with Crippen LogP contribution in [0.3, 0.4) is 0 Å². The first kappa shape index (κ1) is 14.1. The molecule has 1 aromatic rings. The molecule has 0 aliphatic heterocycles. The van der Waals surface area contributed by atoms with Crippen LogP contribution in [-0.4, -0.2) is 29.0 Å². The van der Waals surface area contributed by atoms with Gasteiger partial charge in [-0.25, -0.2) is 0 Å². The molecule has 0 heterocycles. The Morgan fingerprint density at radius 1 is 1.50 bits per heavy atom. The van der Waals surface area contributed by atoms with Gasteiger partial charge in [-0.3, -0.25) is 14.9 Å².